The first-order valence-electron chi connectivity index (χ1n) is 6.11. The van der Waals surface area contributed by atoms with Gasteiger partial charge in [0.05, 0.1) is 18.7 Å². The molecule has 0 radical (unpaired) electrons. The molecular formula is C11H16N6O2S. The SMILES string of the molecule is Nc1ncc(S(=O)(=O)NCCCCn2ccnc2)cn1. The molecule has 0 aliphatic rings. The van der Waals surface area contributed by atoms with E-state index in [1.54, 1.807) is 12.5 Å². The van der Waals surface area contributed by atoms with Crippen molar-refractivity contribution in [1.29, 1.82) is 0 Å². The van der Waals surface area contributed by atoms with E-state index in [2.05, 4.69) is 19.7 Å². The Morgan fingerprint density at radius 1 is 1.25 bits per heavy atom. The predicted octanol–water partition coefficient (Wildman–Crippen LogP) is 0.0140. The standard InChI is InChI=1S/C11H16N6O2S/c12-11-14-7-10(8-15-11)20(18,19)16-3-1-2-5-17-6-4-13-9-17/h4,6-9,16H,1-3,5H2,(H2,12,14,15). The van der Waals surface area contributed by atoms with Crippen LogP contribution in [0.2, 0.25) is 0 Å². The fourth-order valence-electron chi connectivity index (χ4n) is 1.59. The maximum absolute atomic E-state index is 11.9. The molecule has 0 bridgehead atoms. The lowest BCUT2D eigenvalue weighted by molar-refractivity contribution is 0.565. The molecule has 8 nitrogen and oxygen atoms in total. The molecule has 3 N–H and O–H groups in total. The van der Waals surface area contributed by atoms with Gasteiger partial charge in [0, 0.05) is 25.5 Å². The molecule has 2 aromatic heterocycles. The van der Waals surface area contributed by atoms with E-state index in [1.165, 1.54) is 12.4 Å². The van der Waals surface area contributed by atoms with Gasteiger partial charge < -0.3 is 10.3 Å². The molecule has 0 aliphatic carbocycles. The van der Waals surface area contributed by atoms with E-state index >= 15 is 0 Å². The zero-order chi connectivity index (χ0) is 14.4. The number of hydrogen-bond acceptors (Lipinski definition) is 6. The Balaban J connectivity index is 1.76. The second kappa shape index (κ2) is 6.44. The molecule has 2 aromatic rings. The molecule has 0 aliphatic heterocycles. The van der Waals surface area contributed by atoms with Crippen LogP contribution in [0.15, 0.2) is 36.0 Å². The number of aryl methyl sites for hydroxylation is 1. The molecule has 9 heteroatoms. The maximum atomic E-state index is 11.9. The Kier molecular flexibility index (Phi) is 4.64. The summed E-state index contributed by atoms with van der Waals surface area (Å²) in [4.78, 5) is 11.3. The van der Waals surface area contributed by atoms with Crippen LogP contribution in [0.25, 0.3) is 0 Å². The minimum atomic E-state index is -3.56. The van der Waals surface area contributed by atoms with Crippen molar-refractivity contribution in [1.82, 2.24) is 24.2 Å². The van der Waals surface area contributed by atoms with Crippen molar-refractivity contribution in [3.8, 4) is 0 Å². The Morgan fingerprint density at radius 2 is 2.00 bits per heavy atom. The largest absolute Gasteiger partial charge is 0.368 e. The average Bonchev–Trinajstić information content (AvgIpc) is 2.92. The highest BCUT2D eigenvalue weighted by Crippen LogP contribution is 2.06. The number of rotatable bonds is 7. The van der Waals surface area contributed by atoms with Crippen LogP contribution in [0.1, 0.15) is 12.8 Å². The van der Waals surface area contributed by atoms with Crippen LogP contribution in [0.4, 0.5) is 5.95 Å². The average molecular weight is 296 g/mol. The first-order chi connectivity index (χ1) is 9.58. The number of anilines is 1. The molecule has 0 atom stereocenters. The molecule has 2 heterocycles. The molecule has 0 spiro atoms. The van der Waals surface area contributed by atoms with Gasteiger partial charge in [0.2, 0.25) is 16.0 Å². The minimum absolute atomic E-state index is 0.0151. The van der Waals surface area contributed by atoms with E-state index in [4.69, 9.17) is 5.73 Å². The third-order valence-corrected chi connectivity index (χ3v) is 4.07. The molecule has 0 saturated carbocycles. The van der Waals surface area contributed by atoms with Crippen molar-refractivity contribution in [2.75, 3.05) is 12.3 Å². The quantitative estimate of drug-likeness (QED) is 0.695. The Morgan fingerprint density at radius 3 is 2.65 bits per heavy atom. The van der Waals surface area contributed by atoms with Crippen LogP contribution in [0, 0.1) is 0 Å². The summed E-state index contributed by atoms with van der Waals surface area (Å²) >= 11 is 0. The Hall–Kier alpha value is -2.00. The fraction of sp³-hybridized carbons (Fsp3) is 0.364. The van der Waals surface area contributed by atoms with Crippen molar-refractivity contribution in [2.24, 2.45) is 0 Å². The number of nitrogens with two attached hydrogens (primary N) is 1. The lowest BCUT2D eigenvalue weighted by Gasteiger charge is -2.06. The summed E-state index contributed by atoms with van der Waals surface area (Å²) in [6.45, 7) is 1.17. The Bertz CT molecular complexity index is 623. The van der Waals surface area contributed by atoms with Crippen LogP contribution in [0.5, 0.6) is 0 Å². The van der Waals surface area contributed by atoms with Crippen LogP contribution in [-0.2, 0) is 16.6 Å². The summed E-state index contributed by atoms with van der Waals surface area (Å²) in [5, 5.41) is 0. The maximum Gasteiger partial charge on any atom is 0.243 e. The van der Waals surface area contributed by atoms with Gasteiger partial charge in [-0.05, 0) is 12.8 Å². The second-order valence-corrected chi connectivity index (χ2v) is 5.95. The molecule has 108 valence electrons. The molecule has 20 heavy (non-hydrogen) atoms. The van der Waals surface area contributed by atoms with E-state index in [1.807, 2.05) is 10.8 Å². The van der Waals surface area contributed by atoms with Crippen molar-refractivity contribution in [2.45, 2.75) is 24.3 Å². The lowest BCUT2D eigenvalue weighted by atomic mass is 10.3. The molecule has 2 rings (SSSR count). The number of unbranched alkanes of at least 4 members (excludes halogenated alkanes) is 1. The monoisotopic (exact) mass is 296 g/mol. The molecular weight excluding hydrogens is 280 g/mol. The number of nitrogens with zero attached hydrogens (tertiary/aromatic N) is 4. The highest BCUT2D eigenvalue weighted by Gasteiger charge is 2.13. The van der Waals surface area contributed by atoms with Gasteiger partial charge in [0.25, 0.3) is 0 Å². The third-order valence-electron chi connectivity index (χ3n) is 2.65. The van der Waals surface area contributed by atoms with Gasteiger partial charge in [0.1, 0.15) is 4.90 Å². The van der Waals surface area contributed by atoms with Gasteiger partial charge in [-0.2, -0.15) is 0 Å². The van der Waals surface area contributed by atoms with Crippen molar-refractivity contribution in [3.05, 3.63) is 31.1 Å². The lowest BCUT2D eigenvalue weighted by Crippen LogP contribution is -2.25. The van der Waals surface area contributed by atoms with Crippen LogP contribution in [0.3, 0.4) is 0 Å². The first-order valence-corrected chi connectivity index (χ1v) is 7.59. The number of nitrogen functional groups attached to an aromatic ring is 1. The second-order valence-electron chi connectivity index (χ2n) is 4.18. The van der Waals surface area contributed by atoms with E-state index in [0.717, 1.165) is 19.4 Å². The predicted molar refractivity (Wildman–Crippen MR) is 73.1 cm³/mol. The Labute approximate surface area is 117 Å². The summed E-state index contributed by atoms with van der Waals surface area (Å²) in [6.07, 6.45) is 9.28. The smallest absolute Gasteiger partial charge is 0.243 e. The van der Waals surface area contributed by atoms with E-state index in [0.29, 0.717) is 6.54 Å². The number of hydrogen-bond donors (Lipinski definition) is 2. The van der Waals surface area contributed by atoms with Crippen LogP contribution >= 0.6 is 0 Å². The zero-order valence-corrected chi connectivity index (χ0v) is 11.6. The number of aromatic nitrogens is 4. The molecule has 0 aromatic carbocycles. The van der Waals surface area contributed by atoms with Gasteiger partial charge in [-0.1, -0.05) is 0 Å². The van der Waals surface area contributed by atoms with Crippen molar-refractivity contribution >= 4 is 16.0 Å². The fourth-order valence-corrected chi connectivity index (χ4v) is 2.56. The minimum Gasteiger partial charge on any atom is -0.368 e. The van der Waals surface area contributed by atoms with Crippen molar-refractivity contribution in [3.63, 3.8) is 0 Å². The normalized spacial score (nSPS) is 11.6. The van der Waals surface area contributed by atoms with Gasteiger partial charge in [0.15, 0.2) is 0 Å². The number of imidazole rings is 1. The molecule has 0 fully saturated rings. The summed E-state index contributed by atoms with van der Waals surface area (Å²) in [5.41, 5.74) is 5.31. The van der Waals surface area contributed by atoms with Crippen LogP contribution in [-0.4, -0.2) is 34.5 Å². The number of nitrogens with one attached hydrogen (secondary N) is 1. The van der Waals surface area contributed by atoms with Gasteiger partial charge in [-0.3, -0.25) is 0 Å². The first kappa shape index (κ1) is 14.4. The zero-order valence-electron chi connectivity index (χ0n) is 10.8. The van der Waals surface area contributed by atoms with Gasteiger partial charge in [-0.25, -0.2) is 28.1 Å². The summed E-state index contributed by atoms with van der Waals surface area (Å²) < 4.78 is 28.2. The van der Waals surface area contributed by atoms with Gasteiger partial charge >= 0.3 is 0 Å². The van der Waals surface area contributed by atoms with Crippen molar-refractivity contribution < 1.29 is 8.42 Å². The highest BCUT2D eigenvalue weighted by molar-refractivity contribution is 7.89. The summed E-state index contributed by atoms with van der Waals surface area (Å²) in [7, 11) is -3.56. The van der Waals surface area contributed by atoms with Crippen LogP contribution < -0.4 is 10.5 Å². The summed E-state index contributed by atoms with van der Waals surface area (Å²) in [5.74, 6) is 0.0456. The van der Waals surface area contributed by atoms with E-state index in [9.17, 15) is 8.42 Å². The highest BCUT2D eigenvalue weighted by atomic mass is 32.2. The summed E-state index contributed by atoms with van der Waals surface area (Å²) in [6, 6.07) is 0. The third kappa shape index (κ3) is 4.00. The van der Waals surface area contributed by atoms with E-state index in [-0.39, 0.29) is 10.8 Å². The van der Waals surface area contributed by atoms with Gasteiger partial charge in [-0.15, -0.1) is 0 Å². The topological polar surface area (TPSA) is 116 Å². The number of sulfonamides is 1. The molecule has 0 amide bonds. The molecule has 0 unspecified atom stereocenters. The molecule has 0 saturated heterocycles. The van der Waals surface area contributed by atoms with E-state index < -0.39 is 10.0 Å².